The summed E-state index contributed by atoms with van der Waals surface area (Å²) in [6.07, 6.45) is 2.22. The molecule has 0 N–H and O–H groups in total. The Morgan fingerprint density at radius 1 is 1.03 bits per heavy atom. The van der Waals surface area contributed by atoms with Gasteiger partial charge in [0.1, 0.15) is 11.6 Å². The van der Waals surface area contributed by atoms with Crippen LogP contribution in [0.1, 0.15) is 31.4 Å². The van der Waals surface area contributed by atoms with E-state index in [2.05, 4.69) is 0 Å². The average Bonchev–Trinajstić information content (AvgIpc) is 2.73. The van der Waals surface area contributed by atoms with Gasteiger partial charge < -0.3 is 14.2 Å². The molecule has 150 valence electrons. The number of nitriles is 1. The highest BCUT2D eigenvalue weighted by Crippen LogP contribution is 2.30. The standard InChI is InChI=1S/C23H23NO5/c1-3-27-21-15-18(14-19(16-24)23(26)28-4-2)10-12-20(21)29-22(25)13-11-17-8-6-5-7-9-17/h5-10,12,14-15H,3-4,11,13H2,1-2H3/b19-14+. The van der Waals surface area contributed by atoms with Crippen LogP contribution in [0.5, 0.6) is 11.5 Å². The molecule has 0 amide bonds. The summed E-state index contributed by atoms with van der Waals surface area (Å²) in [6, 6.07) is 16.3. The van der Waals surface area contributed by atoms with E-state index in [0.29, 0.717) is 24.3 Å². The molecular formula is C23H23NO5. The van der Waals surface area contributed by atoms with Gasteiger partial charge in [-0.2, -0.15) is 5.26 Å². The molecule has 6 heteroatoms. The number of hydrogen-bond acceptors (Lipinski definition) is 6. The Bertz CT molecular complexity index is 913. The predicted molar refractivity (Wildman–Crippen MR) is 108 cm³/mol. The molecule has 29 heavy (non-hydrogen) atoms. The molecule has 0 aliphatic carbocycles. The Morgan fingerprint density at radius 3 is 2.45 bits per heavy atom. The summed E-state index contributed by atoms with van der Waals surface area (Å²) >= 11 is 0. The molecule has 0 atom stereocenters. The van der Waals surface area contributed by atoms with Gasteiger partial charge >= 0.3 is 11.9 Å². The third-order valence-electron chi connectivity index (χ3n) is 3.88. The maximum absolute atomic E-state index is 12.2. The number of aryl methyl sites for hydroxylation is 1. The van der Waals surface area contributed by atoms with Crippen molar-refractivity contribution in [1.29, 1.82) is 5.26 Å². The van der Waals surface area contributed by atoms with Crippen molar-refractivity contribution in [3.05, 3.63) is 65.2 Å². The summed E-state index contributed by atoms with van der Waals surface area (Å²) in [4.78, 5) is 24.0. The second-order valence-corrected chi connectivity index (χ2v) is 5.99. The third-order valence-corrected chi connectivity index (χ3v) is 3.88. The molecule has 0 saturated carbocycles. The SMILES string of the molecule is CCOC(=O)/C(C#N)=C/c1ccc(OC(=O)CCc2ccccc2)c(OCC)c1. The second-order valence-electron chi connectivity index (χ2n) is 5.99. The van der Waals surface area contributed by atoms with Gasteiger partial charge in [-0.1, -0.05) is 36.4 Å². The topological polar surface area (TPSA) is 85.6 Å². The minimum absolute atomic E-state index is 0.123. The summed E-state index contributed by atoms with van der Waals surface area (Å²) in [6.45, 7) is 4.02. The van der Waals surface area contributed by atoms with E-state index in [1.807, 2.05) is 43.3 Å². The monoisotopic (exact) mass is 393 g/mol. The summed E-state index contributed by atoms with van der Waals surface area (Å²) in [5.74, 6) is -0.418. The van der Waals surface area contributed by atoms with Gasteiger partial charge in [-0.3, -0.25) is 4.79 Å². The zero-order chi connectivity index (χ0) is 21.1. The minimum Gasteiger partial charge on any atom is -0.490 e. The van der Waals surface area contributed by atoms with Crippen LogP contribution in [0.2, 0.25) is 0 Å². The molecule has 0 radical (unpaired) electrons. The van der Waals surface area contributed by atoms with E-state index in [9.17, 15) is 9.59 Å². The Kier molecular flexibility index (Phi) is 8.46. The number of carbonyl (C=O) groups is 2. The number of nitrogens with zero attached hydrogens (tertiary/aromatic N) is 1. The molecule has 2 aromatic rings. The number of rotatable bonds is 9. The van der Waals surface area contributed by atoms with Gasteiger partial charge in [-0.05, 0) is 49.6 Å². The van der Waals surface area contributed by atoms with Crippen LogP contribution in [0.4, 0.5) is 0 Å². The fraction of sp³-hybridized carbons (Fsp3) is 0.261. The van der Waals surface area contributed by atoms with Crippen LogP contribution in [0, 0.1) is 11.3 Å². The van der Waals surface area contributed by atoms with Gasteiger partial charge in [0, 0.05) is 6.42 Å². The Labute approximate surface area is 170 Å². The first-order valence-electron chi connectivity index (χ1n) is 9.37. The molecule has 2 rings (SSSR count). The van der Waals surface area contributed by atoms with Crippen molar-refractivity contribution in [2.45, 2.75) is 26.7 Å². The van der Waals surface area contributed by atoms with Crippen molar-refractivity contribution in [1.82, 2.24) is 0 Å². The van der Waals surface area contributed by atoms with Crippen LogP contribution in [-0.4, -0.2) is 25.2 Å². The van der Waals surface area contributed by atoms with Gasteiger partial charge in [0.2, 0.25) is 0 Å². The zero-order valence-electron chi connectivity index (χ0n) is 16.5. The highest BCUT2D eigenvalue weighted by Gasteiger charge is 2.14. The fourth-order valence-electron chi connectivity index (χ4n) is 2.54. The number of carbonyl (C=O) groups excluding carboxylic acids is 2. The number of esters is 2. The number of hydrogen-bond donors (Lipinski definition) is 0. The molecule has 2 aromatic carbocycles. The van der Waals surface area contributed by atoms with Crippen molar-refractivity contribution in [3.63, 3.8) is 0 Å². The van der Waals surface area contributed by atoms with Gasteiger partial charge in [0.25, 0.3) is 0 Å². The Hall–Kier alpha value is -3.59. The lowest BCUT2D eigenvalue weighted by Gasteiger charge is -2.11. The van der Waals surface area contributed by atoms with Crippen LogP contribution in [0.25, 0.3) is 6.08 Å². The maximum atomic E-state index is 12.2. The van der Waals surface area contributed by atoms with Gasteiger partial charge in [-0.25, -0.2) is 4.79 Å². The van der Waals surface area contributed by atoms with E-state index in [0.717, 1.165) is 5.56 Å². The summed E-state index contributed by atoms with van der Waals surface area (Å²) in [5.41, 5.74) is 1.49. The molecule has 0 aliphatic rings. The molecule has 0 heterocycles. The quantitative estimate of drug-likeness (QED) is 0.276. The van der Waals surface area contributed by atoms with Crippen molar-refractivity contribution in [2.75, 3.05) is 13.2 Å². The van der Waals surface area contributed by atoms with E-state index in [1.54, 1.807) is 25.1 Å². The van der Waals surface area contributed by atoms with Gasteiger partial charge in [0.05, 0.1) is 13.2 Å². The third kappa shape index (κ3) is 6.82. The number of ether oxygens (including phenoxy) is 3. The Morgan fingerprint density at radius 2 is 1.79 bits per heavy atom. The first kappa shape index (κ1) is 21.7. The minimum atomic E-state index is -0.690. The second kappa shape index (κ2) is 11.3. The highest BCUT2D eigenvalue weighted by atomic mass is 16.6. The van der Waals surface area contributed by atoms with E-state index in [4.69, 9.17) is 19.5 Å². The van der Waals surface area contributed by atoms with E-state index in [-0.39, 0.29) is 30.3 Å². The maximum Gasteiger partial charge on any atom is 0.348 e. The normalized spacial score (nSPS) is 10.7. The van der Waals surface area contributed by atoms with E-state index in [1.165, 1.54) is 6.08 Å². The van der Waals surface area contributed by atoms with Crippen molar-refractivity contribution in [3.8, 4) is 17.6 Å². The zero-order valence-corrected chi connectivity index (χ0v) is 16.5. The van der Waals surface area contributed by atoms with E-state index < -0.39 is 5.97 Å². The largest absolute Gasteiger partial charge is 0.490 e. The lowest BCUT2D eigenvalue weighted by atomic mass is 10.1. The fourth-order valence-corrected chi connectivity index (χ4v) is 2.54. The lowest BCUT2D eigenvalue weighted by molar-refractivity contribution is -0.138. The predicted octanol–water partition coefficient (Wildman–Crippen LogP) is 4.09. The van der Waals surface area contributed by atoms with Crippen LogP contribution < -0.4 is 9.47 Å². The molecule has 0 spiro atoms. The summed E-state index contributed by atoms with van der Waals surface area (Å²) in [7, 11) is 0. The molecule has 0 unspecified atom stereocenters. The molecule has 0 saturated heterocycles. The molecule has 0 aliphatic heterocycles. The van der Waals surface area contributed by atoms with Crippen molar-refractivity contribution in [2.24, 2.45) is 0 Å². The molecule has 0 aromatic heterocycles. The smallest absolute Gasteiger partial charge is 0.348 e. The van der Waals surface area contributed by atoms with Crippen LogP contribution in [0.15, 0.2) is 54.1 Å². The van der Waals surface area contributed by atoms with Crippen LogP contribution >= 0.6 is 0 Å². The van der Waals surface area contributed by atoms with Gasteiger partial charge in [-0.15, -0.1) is 0 Å². The molecule has 0 bridgehead atoms. The molecule has 6 nitrogen and oxygen atoms in total. The molecular weight excluding hydrogens is 370 g/mol. The number of benzene rings is 2. The van der Waals surface area contributed by atoms with Gasteiger partial charge in [0.15, 0.2) is 11.5 Å². The Balaban J connectivity index is 2.13. The summed E-state index contributed by atoms with van der Waals surface area (Å²) < 4.78 is 15.9. The first-order chi connectivity index (χ1) is 14.1. The van der Waals surface area contributed by atoms with Crippen molar-refractivity contribution < 1.29 is 23.8 Å². The van der Waals surface area contributed by atoms with Crippen LogP contribution in [-0.2, 0) is 20.7 Å². The highest BCUT2D eigenvalue weighted by molar-refractivity contribution is 5.98. The summed E-state index contributed by atoms with van der Waals surface area (Å²) in [5, 5.41) is 9.16. The first-order valence-corrected chi connectivity index (χ1v) is 9.37. The lowest BCUT2D eigenvalue weighted by Crippen LogP contribution is -2.10. The van der Waals surface area contributed by atoms with Crippen LogP contribution in [0.3, 0.4) is 0 Å². The molecule has 0 fully saturated rings. The van der Waals surface area contributed by atoms with Crippen molar-refractivity contribution >= 4 is 18.0 Å². The average molecular weight is 393 g/mol. The van der Waals surface area contributed by atoms with E-state index >= 15 is 0 Å².